The van der Waals surface area contributed by atoms with Crippen LogP contribution in [-0.2, 0) is 0 Å². The number of hydrogen-bond donors (Lipinski definition) is 0. The molecular formula is C13H7ClN2O3. The van der Waals surface area contributed by atoms with Gasteiger partial charge in [-0.1, -0.05) is 28.8 Å². The molecular weight excluding hydrogens is 268 g/mol. The average Bonchev–Trinajstić information content (AvgIpc) is 2.67. The lowest BCUT2D eigenvalue weighted by Crippen LogP contribution is -2.33. The van der Waals surface area contributed by atoms with E-state index in [1.165, 1.54) is 12.3 Å². The van der Waals surface area contributed by atoms with Gasteiger partial charge in [0.05, 0.1) is 11.1 Å². The van der Waals surface area contributed by atoms with Crippen LogP contribution in [0.1, 0.15) is 20.7 Å². The summed E-state index contributed by atoms with van der Waals surface area (Å²) in [5, 5.41) is 0.771. The molecule has 1 aliphatic rings. The van der Waals surface area contributed by atoms with Gasteiger partial charge >= 0.3 is 0 Å². The van der Waals surface area contributed by atoms with Crippen molar-refractivity contribution in [2.24, 2.45) is 0 Å². The summed E-state index contributed by atoms with van der Waals surface area (Å²) in [6.07, 6.45) is 1.48. The molecule has 19 heavy (non-hydrogen) atoms. The van der Waals surface area contributed by atoms with Gasteiger partial charge in [0.25, 0.3) is 11.8 Å². The highest BCUT2D eigenvalue weighted by molar-refractivity contribution is 6.30. The summed E-state index contributed by atoms with van der Waals surface area (Å²) in [6.45, 7) is 0. The van der Waals surface area contributed by atoms with Crippen molar-refractivity contribution < 1.29 is 14.4 Å². The number of amides is 2. The molecule has 1 aliphatic heterocycles. The summed E-state index contributed by atoms with van der Waals surface area (Å²) in [4.78, 5) is 33.1. The number of pyridine rings is 1. The molecule has 2 aromatic rings. The number of nitrogens with zero attached hydrogens (tertiary/aromatic N) is 2. The van der Waals surface area contributed by atoms with E-state index in [4.69, 9.17) is 16.4 Å². The van der Waals surface area contributed by atoms with Gasteiger partial charge in [-0.2, -0.15) is 0 Å². The Kier molecular flexibility index (Phi) is 2.68. The van der Waals surface area contributed by atoms with E-state index in [0.717, 1.165) is 0 Å². The van der Waals surface area contributed by atoms with Crippen LogP contribution < -0.4 is 4.84 Å². The predicted molar refractivity (Wildman–Crippen MR) is 66.8 cm³/mol. The summed E-state index contributed by atoms with van der Waals surface area (Å²) in [5.41, 5.74) is 0.625. The van der Waals surface area contributed by atoms with Crippen LogP contribution in [0.3, 0.4) is 0 Å². The summed E-state index contributed by atoms with van der Waals surface area (Å²) in [6, 6.07) is 9.64. The molecule has 0 atom stereocenters. The minimum Gasteiger partial charge on any atom is -0.365 e. The first-order chi connectivity index (χ1) is 9.18. The number of rotatable bonds is 2. The first-order valence-corrected chi connectivity index (χ1v) is 5.82. The van der Waals surface area contributed by atoms with Crippen molar-refractivity contribution in [1.29, 1.82) is 0 Å². The number of carbonyl (C=O) groups is 2. The van der Waals surface area contributed by atoms with Gasteiger partial charge in [0.15, 0.2) is 10.9 Å². The summed E-state index contributed by atoms with van der Waals surface area (Å²) in [5.74, 6) is -0.875. The minimum absolute atomic E-state index is 0.0825. The maximum Gasteiger partial charge on any atom is 0.295 e. The fraction of sp³-hybridized carbons (Fsp3) is 0. The van der Waals surface area contributed by atoms with Gasteiger partial charge < -0.3 is 4.84 Å². The number of hydrogen-bond acceptors (Lipinski definition) is 4. The molecule has 1 aromatic heterocycles. The van der Waals surface area contributed by atoms with E-state index >= 15 is 0 Å². The van der Waals surface area contributed by atoms with Crippen molar-refractivity contribution in [2.75, 3.05) is 0 Å². The van der Waals surface area contributed by atoms with Crippen LogP contribution in [-0.4, -0.2) is 21.9 Å². The third-order valence-corrected chi connectivity index (χ3v) is 2.96. The molecule has 0 spiro atoms. The predicted octanol–water partition coefficient (Wildman–Crippen LogP) is 2.33. The highest BCUT2D eigenvalue weighted by Crippen LogP contribution is 2.27. The van der Waals surface area contributed by atoms with Crippen molar-refractivity contribution in [3.8, 4) is 5.75 Å². The van der Waals surface area contributed by atoms with Crippen molar-refractivity contribution in [3.63, 3.8) is 0 Å². The summed E-state index contributed by atoms with van der Waals surface area (Å²) >= 11 is 5.82. The molecule has 2 heterocycles. The van der Waals surface area contributed by atoms with Crippen LogP contribution in [0.5, 0.6) is 5.75 Å². The number of fused-ring (bicyclic) bond motifs is 1. The SMILES string of the molecule is O=C1c2ccccc2C(=O)N1Oc1cccnc1Cl. The summed E-state index contributed by atoms with van der Waals surface area (Å²) in [7, 11) is 0. The Morgan fingerprint density at radius 3 is 2.21 bits per heavy atom. The molecule has 0 saturated carbocycles. The zero-order valence-corrected chi connectivity index (χ0v) is 10.3. The normalized spacial score (nSPS) is 13.6. The molecule has 94 valence electrons. The van der Waals surface area contributed by atoms with Crippen LogP contribution in [0, 0.1) is 0 Å². The highest BCUT2D eigenvalue weighted by atomic mass is 35.5. The zero-order valence-electron chi connectivity index (χ0n) is 9.54. The third kappa shape index (κ3) is 1.84. The number of carbonyl (C=O) groups excluding carboxylic acids is 2. The Balaban J connectivity index is 1.95. The maximum atomic E-state index is 12.0. The van der Waals surface area contributed by atoms with E-state index < -0.39 is 11.8 Å². The fourth-order valence-electron chi connectivity index (χ4n) is 1.79. The van der Waals surface area contributed by atoms with Gasteiger partial charge in [0.2, 0.25) is 0 Å². The second kappa shape index (κ2) is 4.37. The number of aromatic nitrogens is 1. The van der Waals surface area contributed by atoms with E-state index in [2.05, 4.69) is 4.98 Å². The third-order valence-electron chi connectivity index (χ3n) is 2.67. The van der Waals surface area contributed by atoms with Crippen LogP contribution in [0.4, 0.5) is 0 Å². The van der Waals surface area contributed by atoms with Crippen molar-refractivity contribution >= 4 is 23.4 Å². The molecule has 0 unspecified atom stereocenters. The Labute approximate surface area is 113 Å². The Morgan fingerprint density at radius 2 is 1.63 bits per heavy atom. The standard InChI is InChI=1S/C13H7ClN2O3/c14-11-10(6-3-7-15-11)19-16-12(17)8-4-1-2-5-9(8)13(16)18/h1-7H. The topological polar surface area (TPSA) is 59.5 Å². The average molecular weight is 275 g/mol. The quantitative estimate of drug-likeness (QED) is 0.623. The fourth-order valence-corrected chi connectivity index (χ4v) is 1.94. The van der Waals surface area contributed by atoms with Gasteiger partial charge in [-0.15, -0.1) is 0 Å². The van der Waals surface area contributed by atoms with Crippen LogP contribution in [0.25, 0.3) is 0 Å². The first-order valence-electron chi connectivity index (χ1n) is 5.45. The molecule has 1 aromatic carbocycles. The van der Waals surface area contributed by atoms with Gasteiger partial charge in [0, 0.05) is 6.20 Å². The largest absolute Gasteiger partial charge is 0.365 e. The van der Waals surface area contributed by atoms with E-state index in [-0.39, 0.29) is 10.9 Å². The molecule has 0 fully saturated rings. The number of imide groups is 1. The van der Waals surface area contributed by atoms with Gasteiger partial charge in [-0.05, 0) is 24.3 Å². The van der Waals surface area contributed by atoms with Gasteiger partial charge in [-0.3, -0.25) is 9.59 Å². The van der Waals surface area contributed by atoms with Crippen molar-refractivity contribution in [1.82, 2.24) is 10.0 Å². The number of halogens is 1. The number of benzene rings is 1. The molecule has 0 aliphatic carbocycles. The Bertz CT molecular complexity index is 652. The molecule has 5 nitrogen and oxygen atoms in total. The van der Waals surface area contributed by atoms with E-state index in [0.29, 0.717) is 16.2 Å². The molecule has 3 rings (SSSR count). The zero-order chi connectivity index (χ0) is 13.4. The van der Waals surface area contributed by atoms with Crippen LogP contribution in [0.15, 0.2) is 42.6 Å². The summed E-state index contributed by atoms with van der Waals surface area (Å²) < 4.78 is 0. The van der Waals surface area contributed by atoms with Gasteiger partial charge in [0.1, 0.15) is 0 Å². The van der Waals surface area contributed by atoms with Gasteiger partial charge in [-0.25, -0.2) is 4.98 Å². The lowest BCUT2D eigenvalue weighted by atomic mass is 10.1. The van der Waals surface area contributed by atoms with Crippen LogP contribution >= 0.6 is 11.6 Å². The monoisotopic (exact) mass is 274 g/mol. The Hall–Kier alpha value is -2.40. The highest BCUT2D eigenvalue weighted by Gasteiger charge is 2.37. The van der Waals surface area contributed by atoms with Crippen molar-refractivity contribution in [2.45, 2.75) is 0 Å². The molecule has 0 saturated heterocycles. The maximum absolute atomic E-state index is 12.0. The lowest BCUT2D eigenvalue weighted by Gasteiger charge is -2.14. The van der Waals surface area contributed by atoms with E-state index in [9.17, 15) is 9.59 Å². The second-order valence-electron chi connectivity index (χ2n) is 3.83. The molecule has 0 bridgehead atoms. The molecule has 0 radical (unpaired) electrons. The second-order valence-corrected chi connectivity index (χ2v) is 4.19. The molecule has 6 heteroatoms. The smallest absolute Gasteiger partial charge is 0.295 e. The van der Waals surface area contributed by atoms with Crippen LogP contribution in [0.2, 0.25) is 5.15 Å². The first kappa shape index (κ1) is 11.7. The Morgan fingerprint density at radius 1 is 1.00 bits per heavy atom. The minimum atomic E-state index is -0.513. The number of hydroxylamine groups is 2. The van der Waals surface area contributed by atoms with E-state index in [1.54, 1.807) is 30.3 Å². The van der Waals surface area contributed by atoms with Crippen molar-refractivity contribution in [3.05, 3.63) is 58.9 Å². The molecule has 2 amide bonds. The lowest BCUT2D eigenvalue weighted by molar-refractivity contribution is -0.0142. The molecule has 0 N–H and O–H groups in total. The van der Waals surface area contributed by atoms with E-state index in [1.807, 2.05) is 0 Å².